The van der Waals surface area contributed by atoms with E-state index in [1.54, 1.807) is 0 Å². The first-order chi connectivity index (χ1) is 25.2. The van der Waals surface area contributed by atoms with Crippen LogP contribution in [0.4, 0.5) is 5.69 Å². The summed E-state index contributed by atoms with van der Waals surface area (Å²) >= 11 is 1.86. The monoisotopic (exact) mass is 716 g/mol. The van der Waals surface area contributed by atoms with Crippen molar-refractivity contribution >= 4 is 39.4 Å². The Labute approximate surface area is 320 Å². The zero-order chi connectivity index (χ0) is 36.0. The number of aryl methyl sites for hydroxylation is 1. The van der Waals surface area contributed by atoms with Gasteiger partial charge in [-0.25, -0.2) is 0 Å². The van der Waals surface area contributed by atoms with Crippen molar-refractivity contribution in [3.63, 3.8) is 0 Å². The number of rotatable bonds is 33. The van der Waals surface area contributed by atoms with Crippen LogP contribution in [0.2, 0.25) is 0 Å². The van der Waals surface area contributed by atoms with Crippen molar-refractivity contribution in [1.82, 2.24) is 0 Å². The maximum atomic E-state index is 2.69. The van der Waals surface area contributed by atoms with Gasteiger partial charge in [-0.2, -0.15) is 4.57 Å². The topological polar surface area (TPSA) is 7.12 Å². The molecule has 0 unspecified atom stereocenters. The Morgan fingerprint density at radius 2 is 0.863 bits per heavy atom. The second-order valence-corrected chi connectivity index (χ2v) is 16.6. The van der Waals surface area contributed by atoms with Crippen LogP contribution in [0, 0.1) is 0 Å². The van der Waals surface area contributed by atoms with Crippen molar-refractivity contribution in [2.24, 2.45) is 7.05 Å². The molecule has 0 aliphatic carbocycles. The summed E-state index contributed by atoms with van der Waals surface area (Å²) in [6.07, 6.45) is 44.4. The molecule has 0 atom stereocenters. The summed E-state index contributed by atoms with van der Waals surface area (Å²) in [6, 6.07) is 18.1. The van der Waals surface area contributed by atoms with Gasteiger partial charge in [0.25, 0.3) is 5.01 Å². The van der Waals surface area contributed by atoms with Gasteiger partial charge in [-0.05, 0) is 42.7 Å². The summed E-state index contributed by atoms with van der Waals surface area (Å²) in [4.78, 5) is 2.69. The number of benzene rings is 2. The molecule has 286 valence electrons. The van der Waals surface area contributed by atoms with Crippen LogP contribution in [0.25, 0.3) is 22.4 Å². The molecule has 0 saturated carbocycles. The molecule has 3 rings (SSSR count). The van der Waals surface area contributed by atoms with Crippen molar-refractivity contribution in [3.05, 3.63) is 59.1 Å². The number of para-hydroxylation sites is 1. The molecular formula is C48H79N2S+. The number of aromatic nitrogens is 1. The lowest BCUT2D eigenvalue weighted by molar-refractivity contribution is -0.642. The van der Waals surface area contributed by atoms with Gasteiger partial charge in [0.2, 0.25) is 5.52 Å². The number of hydrogen-bond donors (Lipinski definition) is 0. The SMILES string of the molecule is CCCCCCCCCCCCCCCCN(CCCCCCCCCCCCCCCC)c1ccc(/C=C/c2sc3ccccc3[n+]2C)cc1. The van der Waals surface area contributed by atoms with Crippen molar-refractivity contribution in [2.75, 3.05) is 18.0 Å². The maximum Gasteiger partial charge on any atom is 0.262 e. The van der Waals surface area contributed by atoms with Crippen LogP contribution in [0.3, 0.4) is 0 Å². The van der Waals surface area contributed by atoms with Crippen LogP contribution in [-0.4, -0.2) is 13.1 Å². The summed E-state index contributed by atoms with van der Waals surface area (Å²) < 4.78 is 3.65. The highest BCUT2D eigenvalue weighted by Crippen LogP contribution is 2.23. The highest BCUT2D eigenvalue weighted by atomic mass is 32.1. The van der Waals surface area contributed by atoms with E-state index in [-0.39, 0.29) is 0 Å². The van der Waals surface area contributed by atoms with Gasteiger partial charge in [0.05, 0.1) is 0 Å². The molecule has 3 heteroatoms. The molecule has 1 heterocycles. The Hall–Kier alpha value is -2.13. The van der Waals surface area contributed by atoms with E-state index in [9.17, 15) is 0 Å². The standard InChI is InChI=1S/C48H79N2S/c1-4-6-8-10-12-14-16-18-20-22-24-26-28-32-42-50(43-33-29-27-25-23-21-19-17-15-13-11-9-7-5-2)45-39-36-44(37-40-45)38-41-48-49(3)46-34-30-31-35-47(46)51-48/h30-31,34-41H,4-29,32-33,42-43H2,1-3H3/q+1. The fourth-order valence-electron chi connectivity index (χ4n) is 7.59. The first-order valence-corrected chi connectivity index (χ1v) is 22.9. The van der Waals surface area contributed by atoms with Gasteiger partial charge in [0, 0.05) is 30.9 Å². The number of hydrogen-bond acceptors (Lipinski definition) is 2. The lowest BCUT2D eigenvalue weighted by Gasteiger charge is -2.25. The molecule has 0 bridgehead atoms. The molecule has 0 aliphatic rings. The highest BCUT2D eigenvalue weighted by Gasteiger charge is 2.13. The molecule has 3 aromatic rings. The highest BCUT2D eigenvalue weighted by molar-refractivity contribution is 7.18. The van der Waals surface area contributed by atoms with Gasteiger partial charge >= 0.3 is 0 Å². The number of anilines is 1. The fraction of sp³-hybridized carbons (Fsp3) is 0.688. The molecular weight excluding hydrogens is 637 g/mol. The van der Waals surface area contributed by atoms with Gasteiger partial charge < -0.3 is 4.90 Å². The smallest absolute Gasteiger partial charge is 0.262 e. The molecule has 51 heavy (non-hydrogen) atoms. The van der Waals surface area contributed by atoms with Crippen LogP contribution >= 0.6 is 11.3 Å². The van der Waals surface area contributed by atoms with Crippen LogP contribution < -0.4 is 9.47 Å². The summed E-state index contributed by atoms with van der Waals surface area (Å²) in [6.45, 7) is 7.01. The molecule has 0 aliphatic heterocycles. The van der Waals surface area contributed by atoms with E-state index in [1.165, 1.54) is 219 Å². The molecule has 0 spiro atoms. The average Bonchev–Trinajstić information content (AvgIpc) is 3.48. The lowest BCUT2D eigenvalue weighted by atomic mass is 10.0. The third-order valence-electron chi connectivity index (χ3n) is 11.0. The largest absolute Gasteiger partial charge is 0.372 e. The van der Waals surface area contributed by atoms with Crippen molar-refractivity contribution < 1.29 is 4.57 Å². The third-order valence-corrected chi connectivity index (χ3v) is 12.2. The van der Waals surface area contributed by atoms with E-state index in [0.717, 1.165) is 0 Å². The first kappa shape index (κ1) is 43.3. The molecule has 0 radical (unpaired) electrons. The van der Waals surface area contributed by atoms with Crippen LogP contribution in [0.15, 0.2) is 48.5 Å². The van der Waals surface area contributed by atoms with Gasteiger partial charge in [0.15, 0.2) is 0 Å². The normalized spacial score (nSPS) is 11.7. The Bertz CT molecular complexity index is 1230. The predicted molar refractivity (Wildman–Crippen MR) is 231 cm³/mol. The zero-order valence-electron chi connectivity index (χ0n) is 33.8. The predicted octanol–water partition coefficient (Wildman–Crippen LogP) is 15.7. The van der Waals surface area contributed by atoms with Crippen LogP contribution in [0.1, 0.15) is 204 Å². The summed E-state index contributed by atoms with van der Waals surface area (Å²) in [5.74, 6) is 0. The van der Waals surface area contributed by atoms with Crippen molar-refractivity contribution in [1.29, 1.82) is 0 Å². The minimum atomic E-state index is 1.20. The quantitative estimate of drug-likeness (QED) is 0.0450. The third kappa shape index (κ3) is 19.5. The van der Waals surface area contributed by atoms with Crippen LogP contribution in [-0.2, 0) is 7.05 Å². The number of thiazole rings is 1. The van der Waals surface area contributed by atoms with E-state index in [0.29, 0.717) is 0 Å². The van der Waals surface area contributed by atoms with E-state index in [2.05, 4.69) is 91.0 Å². The number of unbranched alkanes of at least 4 members (excludes halogenated alkanes) is 26. The zero-order valence-corrected chi connectivity index (χ0v) is 34.6. The van der Waals surface area contributed by atoms with Crippen LogP contribution in [0.5, 0.6) is 0 Å². The minimum absolute atomic E-state index is 1.20. The molecule has 0 amide bonds. The Kier molecular flexibility index (Phi) is 24.9. The molecule has 0 fully saturated rings. The first-order valence-electron chi connectivity index (χ1n) is 22.1. The van der Waals surface area contributed by atoms with Crippen molar-refractivity contribution in [2.45, 2.75) is 194 Å². The molecule has 2 nitrogen and oxygen atoms in total. The van der Waals surface area contributed by atoms with Crippen molar-refractivity contribution in [3.8, 4) is 0 Å². The fourth-order valence-corrected chi connectivity index (χ4v) is 8.65. The second-order valence-electron chi connectivity index (χ2n) is 15.6. The number of nitrogens with zero attached hydrogens (tertiary/aromatic N) is 2. The van der Waals surface area contributed by atoms with E-state index in [1.807, 2.05) is 11.3 Å². The molecule has 1 aromatic heterocycles. The Balaban J connectivity index is 1.36. The van der Waals surface area contributed by atoms with Gasteiger partial charge in [0.1, 0.15) is 11.7 Å². The summed E-state index contributed by atoms with van der Waals surface area (Å²) in [7, 11) is 2.17. The summed E-state index contributed by atoms with van der Waals surface area (Å²) in [5, 5.41) is 1.29. The Morgan fingerprint density at radius 3 is 1.27 bits per heavy atom. The maximum absolute atomic E-state index is 2.69. The molecule has 0 saturated heterocycles. The van der Waals surface area contributed by atoms with Gasteiger partial charge in [-0.1, -0.05) is 216 Å². The van der Waals surface area contributed by atoms with E-state index in [4.69, 9.17) is 0 Å². The minimum Gasteiger partial charge on any atom is -0.372 e. The average molecular weight is 716 g/mol. The summed E-state index contributed by atoms with van der Waals surface area (Å²) in [5.41, 5.74) is 3.99. The number of fused-ring (bicyclic) bond motifs is 1. The molecule has 0 N–H and O–H groups in total. The van der Waals surface area contributed by atoms with Gasteiger partial charge in [-0.3, -0.25) is 0 Å². The lowest BCUT2D eigenvalue weighted by Crippen LogP contribution is -2.28. The second kappa shape index (κ2) is 29.3. The molecule has 2 aromatic carbocycles. The van der Waals surface area contributed by atoms with E-state index >= 15 is 0 Å². The Morgan fingerprint density at radius 1 is 0.471 bits per heavy atom. The van der Waals surface area contributed by atoms with Gasteiger partial charge in [-0.15, -0.1) is 0 Å². The van der Waals surface area contributed by atoms with E-state index < -0.39 is 0 Å².